The maximum Gasteiger partial charge on any atom is 0.309 e. The molecule has 0 aromatic rings. The van der Waals surface area contributed by atoms with Crippen molar-refractivity contribution in [3.05, 3.63) is 12.2 Å². The van der Waals surface area contributed by atoms with Crippen molar-refractivity contribution in [3.8, 4) is 0 Å². The summed E-state index contributed by atoms with van der Waals surface area (Å²) in [6, 6.07) is 0. The lowest BCUT2D eigenvalue weighted by Crippen LogP contribution is -2.28. The highest BCUT2D eigenvalue weighted by molar-refractivity contribution is 5.73. The minimum atomic E-state index is -0.0491. The van der Waals surface area contributed by atoms with Crippen LogP contribution in [0, 0.1) is 5.92 Å². The van der Waals surface area contributed by atoms with Gasteiger partial charge in [-0.3, -0.25) is 4.79 Å². The molecule has 2 atom stereocenters. The van der Waals surface area contributed by atoms with E-state index < -0.39 is 0 Å². The summed E-state index contributed by atoms with van der Waals surface area (Å²) in [7, 11) is 0. The van der Waals surface area contributed by atoms with Gasteiger partial charge in [0.1, 0.15) is 6.10 Å². The van der Waals surface area contributed by atoms with Gasteiger partial charge in [-0.2, -0.15) is 0 Å². The van der Waals surface area contributed by atoms with E-state index >= 15 is 0 Å². The quantitative estimate of drug-likeness (QED) is 0.467. The molecule has 2 nitrogen and oxygen atoms in total. The van der Waals surface area contributed by atoms with Gasteiger partial charge < -0.3 is 4.74 Å². The average Bonchev–Trinajstić information content (AvgIpc) is 2.07. The number of cyclic esters (lactones) is 1. The molecule has 1 saturated heterocycles. The number of carbonyl (C=O) groups excluding carboxylic acids is 1. The molecule has 0 aromatic carbocycles. The minimum Gasteiger partial charge on any atom is -0.458 e. The molecule has 1 heterocycles. The maximum absolute atomic E-state index is 11.1. The van der Waals surface area contributed by atoms with E-state index in [9.17, 15) is 4.79 Å². The van der Waals surface area contributed by atoms with Crippen molar-refractivity contribution in [1.82, 2.24) is 0 Å². The van der Waals surface area contributed by atoms with Crippen molar-refractivity contribution >= 4 is 5.97 Å². The van der Waals surface area contributed by atoms with Crippen LogP contribution in [-0.4, -0.2) is 12.1 Å². The van der Waals surface area contributed by atoms with Crippen molar-refractivity contribution in [2.24, 2.45) is 5.92 Å². The van der Waals surface area contributed by atoms with Gasteiger partial charge in [-0.05, 0) is 25.3 Å². The predicted molar refractivity (Wildman–Crippen MR) is 47.7 cm³/mol. The number of rotatable bonds is 2. The smallest absolute Gasteiger partial charge is 0.309 e. The number of allylic oxidation sites excluding steroid dienone is 1. The molecule has 0 bridgehead atoms. The van der Waals surface area contributed by atoms with Crippen molar-refractivity contribution in [2.45, 2.75) is 39.2 Å². The van der Waals surface area contributed by atoms with Gasteiger partial charge in [0.2, 0.25) is 0 Å². The number of ether oxygens (including phenoxy) is 1. The van der Waals surface area contributed by atoms with Crippen LogP contribution in [0.3, 0.4) is 0 Å². The lowest BCUT2D eigenvalue weighted by atomic mass is 9.99. The van der Waals surface area contributed by atoms with Gasteiger partial charge in [-0.15, -0.1) is 0 Å². The third-order valence-electron chi connectivity index (χ3n) is 2.14. The summed E-state index contributed by atoms with van der Waals surface area (Å²) >= 11 is 0. The highest BCUT2D eigenvalue weighted by Crippen LogP contribution is 2.20. The van der Waals surface area contributed by atoms with Crippen molar-refractivity contribution in [3.63, 3.8) is 0 Å². The molecule has 0 amide bonds. The molecule has 2 heteroatoms. The zero-order chi connectivity index (χ0) is 8.97. The molecule has 1 aliphatic heterocycles. The predicted octanol–water partition coefficient (Wildman–Crippen LogP) is 2.29. The highest BCUT2D eigenvalue weighted by Gasteiger charge is 2.24. The first kappa shape index (κ1) is 9.30. The molecule has 0 aliphatic carbocycles. The third kappa shape index (κ3) is 2.36. The normalized spacial score (nSPS) is 30.7. The molecule has 1 aliphatic rings. The van der Waals surface area contributed by atoms with E-state index in [2.05, 4.69) is 6.92 Å². The fraction of sp³-hybridized carbons (Fsp3) is 0.700. The highest BCUT2D eigenvalue weighted by atomic mass is 16.5. The van der Waals surface area contributed by atoms with Gasteiger partial charge in [0.25, 0.3) is 0 Å². The Morgan fingerprint density at radius 1 is 1.58 bits per heavy atom. The molecule has 1 rings (SSSR count). The molecule has 0 spiro atoms. The summed E-state index contributed by atoms with van der Waals surface area (Å²) in [4.78, 5) is 11.1. The van der Waals surface area contributed by atoms with Gasteiger partial charge in [-0.1, -0.05) is 19.9 Å². The van der Waals surface area contributed by atoms with Crippen molar-refractivity contribution in [1.29, 1.82) is 0 Å². The second-order valence-corrected chi connectivity index (χ2v) is 3.29. The van der Waals surface area contributed by atoms with E-state index in [4.69, 9.17) is 4.74 Å². The van der Waals surface area contributed by atoms with E-state index in [-0.39, 0.29) is 18.0 Å². The van der Waals surface area contributed by atoms with Crippen LogP contribution in [0.4, 0.5) is 0 Å². The second kappa shape index (κ2) is 4.29. The van der Waals surface area contributed by atoms with Gasteiger partial charge in [0, 0.05) is 0 Å². The first-order chi connectivity index (χ1) is 5.74. The first-order valence-corrected chi connectivity index (χ1v) is 4.61. The lowest BCUT2D eigenvalue weighted by Gasteiger charge is -2.23. The molecule has 0 aromatic heterocycles. The number of esters is 1. The van der Waals surface area contributed by atoms with Crippen LogP contribution >= 0.6 is 0 Å². The number of hydrogen-bond acceptors (Lipinski definition) is 2. The van der Waals surface area contributed by atoms with Crippen molar-refractivity contribution in [2.75, 3.05) is 0 Å². The Hall–Kier alpha value is -0.790. The minimum absolute atomic E-state index is 0.0358. The van der Waals surface area contributed by atoms with Crippen LogP contribution < -0.4 is 0 Å². The maximum atomic E-state index is 11.1. The molecule has 12 heavy (non-hydrogen) atoms. The zero-order valence-electron chi connectivity index (χ0n) is 7.75. The summed E-state index contributed by atoms with van der Waals surface area (Å²) in [5.41, 5.74) is 0. The molecule has 0 radical (unpaired) electrons. The molecule has 1 unspecified atom stereocenters. The topological polar surface area (TPSA) is 26.3 Å². The summed E-state index contributed by atoms with van der Waals surface area (Å²) in [5.74, 6) is 0.0447. The van der Waals surface area contributed by atoms with Crippen LogP contribution in [0.1, 0.15) is 33.1 Å². The Morgan fingerprint density at radius 2 is 2.33 bits per heavy atom. The van der Waals surface area contributed by atoms with Crippen LogP contribution in [-0.2, 0) is 9.53 Å². The summed E-state index contributed by atoms with van der Waals surface area (Å²) in [5, 5.41) is 0. The Bertz CT molecular complexity index is 184. The molecular formula is C10H16O2. The van der Waals surface area contributed by atoms with E-state index in [1.165, 1.54) is 0 Å². The van der Waals surface area contributed by atoms with Gasteiger partial charge in [-0.25, -0.2) is 0 Å². The largest absolute Gasteiger partial charge is 0.458 e. The number of hydrogen-bond donors (Lipinski definition) is 0. The molecule has 0 saturated carbocycles. The Morgan fingerprint density at radius 3 is 2.92 bits per heavy atom. The average molecular weight is 168 g/mol. The fourth-order valence-electron chi connectivity index (χ4n) is 1.28. The van der Waals surface area contributed by atoms with Crippen LogP contribution in [0.15, 0.2) is 12.2 Å². The monoisotopic (exact) mass is 168 g/mol. The van der Waals surface area contributed by atoms with E-state index in [1.807, 2.05) is 19.1 Å². The standard InChI is InChI=1S/C10H16O2/c1-3-4-5-9-7-6-8(2)10(11)12-9/h4-5,8-9H,3,6-7H2,1-2H3/b5-4+/t8?,9-/m0/s1. The van der Waals surface area contributed by atoms with E-state index in [0.717, 1.165) is 19.3 Å². The van der Waals surface area contributed by atoms with Crippen molar-refractivity contribution < 1.29 is 9.53 Å². The first-order valence-electron chi connectivity index (χ1n) is 4.61. The molecular weight excluding hydrogens is 152 g/mol. The summed E-state index contributed by atoms with van der Waals surface area (Å²) < 4.78 is 5.17. The van der Waals surface area contributed by atoms with Gasteiger partial charge in [0.15, 0.2) is 0 Å². The molecule has 0 N–H and O–H groups in total. The van der Waals surface area contributed by atoms with Crippen LogP contribution in [0.25, 0.3) is 0 Å². The summed E-state index contributed by atoms with van der Waals surface area (Å²) in [6.07, 6.45) is 7.01. The fourth-order valence-corrected chi connectivity index (χ4v) is 1.28. The Balaban J connectivity index is 2.40. The van der Waals surface area contributed by atoms with Crippen LogP contribution in [0.2, 0.25) is 0 Å². The zero-order valence-corrected chi connectivity index (χ0v) is 7.75. The molecule has 1 fully saturated rings. The SMILES string of the molecule is CC/C=C/[C@H]1CCC(C)C(=O)O1. The third-order valence-corrected chi connectivity index (χ3v) is 2.14. The number of carbonyl (C=O) groups is 1. The second-order valence-electron chi connectivity index (χ2n) is 3.29. The lowest BCUT2D eigenvalue weighted by molar-refractivity contribution is -0.156. The van der Waals surface area contributed by atoms with Gasteiger partial charge >= 0.3 is 5.97 Å². The van der Waals surface area contributed by atoms with E-state index in [1.54, 1.807) is 0 Å². The van der Waals surface area contributed by atoms with E-state index in [0.29, 0.717) is 0 Å². The molecule has 68 valence electrons. The van der Waals surface area contributed by atoms with Gasteiger partial charge in [0.05, 0.1) is 5.92 Å². The Kier molecular flexibility index (Phi) is 3.32. The summed E-state index contributed by atoms with van der Waals surface area (Å²) in [6.45, 7) is 3.99. The van der Waals surface area contributed by atoms with Crippen LogP contribution in [0.5, 0.6) is 0 Å². The Labute approximate surface area is 73.6 Å².